The van der Waals surface area contributed by atoms with Gasteiger partial charge < -0.3 is 19.4 Å². The van der Waals surface area contributed by atoms with Crippen molar-refractivity contribution in [3.8, 4) is 11.6 Å². The van der Waals surface area contributed by atoms with Crippen LogP contribution in [0.2, 0.25) is 0 Å². The van der Waals surface area contributed by atoms with Crippen molar-refractivity contribution >= 4 is 17.4 Å². The Hall–Kier alpha value is -3.62. The number of piperazine rings is 1. The summed E-state index contributed by atoms with van der Waals surface area (Å²) in [5.74, 6) is 3.56. The zero-order valence-corrected chi connectivity index (χ0v) is 19.8. The first kappa shape index (κ1) is 22.2. The number of hydrogen-bond acceptors (Lipinski definition) is 7. The summed E-state index contributed by atoms with van der Waals surface area (Å²) in [7, 11) is 1.70. The topological polar surface area (TPSA) is 79.6 Å². The zero-order valence-electron chi connectivity index (χ0n) is 19.8. The molecule has 2 saturated heterocycles. The highest BCUT2D eigenvalue weighted by Gasteiger charge is 2.32. The largest absolute Gasteiger partial charge is 0.495 e. The molecule has 9 nitrogen and oxygen atoms in total. The minimum atomic E-state index is -0.0102. The molecule has 1 amide bonds. The maximum atomic E-state index is 13.4. The number of amides is 1. The molecule has 0 bridgehead atoms. The normalized spacial score (nSPS) is 18.8. The molecule has 2 aromatic heterocycles. The predicted octanol–water partition coefficient (Wildman–Crippen LogP) is 2.54. The van der Waals surface area contributed by atoms with Gasteiger partial charge in [0.15, 0.2) is 11.6 Å². The van der Waals surface area contributed by atoms with Gasteiger partial charge in [-0.1, -0.05) is 12.1 Å². The Balaban J connectivity index is 1.20. The van der Waals surface area contributed by atoms with Gasteiger partial charge in [0.25, 0.3) is 0 Å². The standard InChI is InChI=1S/C25H31N7O2/c1-19-26-11-13-32(19)24-10-9-23(27-28-24)31-12-5-6-20(18-31)25(33)30-16-14-29(15-17-30)21-7-3-4-8-22(21)34-2/h3-4,7-11,13,20H,5-6,12,14-18H2,1-2H3. The molecular weight excluding hydrogens is 430 g/mol. The van der Waals surface area contributed by atoms with E-state index < -0.39 is 0 Å². The molecule has 1 unspecified atom stereocenters. The smallest absolute Gasteiger partial charge is 0.227 e. The molecule has 5 rings (SSSR count). The first-order valence-corrected chi connectivity index (χ1v) is 11.9. The molecule has 34 heavy (non-hydrogen) atoms. The van der Waals surface area contributed by atoms with Crippen molar-refractivity contribution < 1.29 is 9.53 Å². The maximum Gasteiger partial charge on any atom is 0.227 e. The Bertz CT molecular complexity index is 1120. The minimum Gasteiger partial charge on any atom is -0.495 e. The van der Waals surface area contributed by atoms with Crippen molar-refractivity contribution in [2.75, 3.05) is 56.2 Å². The number of anilines is 2. The van der Waals surface area contributed by atoms with Crippen molar-refractivity contribution in [2.24, 2.45) is 5.92 Å². The number of carbonyl (C=O) groups is 1. The summed E-state index contributed by atoms with van der Waals surface area (Å²) in [5.41, 5.74) is 1.09. The van der Waals surface area contributed by atoms with E-state index in [0.717, 1.165) is 74.5 Å². The van der Waals surface area contributed by atoms with Crippen LogP contribution < -0.4 is 14.5 Å². The lowest BCUT2D eigenvalue weighted by molar-refractivity contribution is -0.136. The fraction of sp³-hybridized carbons (Fsp3) is 0.440. The molecular formula is C25H31N7O2. The van der Waals surface area contributed by atoms with Crippen molar-refractivity contribution in [1.82, 2.24) is 24.6 Å². The number of hydrogen-bond donors (Lipinski definition) is 0. The Morgan fingerprint density at radius 1 is 0.971 bits per heavy atom. The monoisotopic (exact) mass is 461 g/mol. The van der Waals surface area contributed by atoms with Crippen LogP contribution >= 0.6 is 0 Å². The number of rotatable bonds is 5. The fourth-order valence-corrected chi connectivity index (χ4v) is 4.94. The average Bonchev–Trinajstić information content (AvgIpc) is 3.34. The second-order valence-electron chi connectivity index (χ2n) is 8.86. The van der Waals surface area contributed by atoms with Gasteiger partial charge in [0.1, 0.15) is 11.6 Å². The van der Waals surface area contributed by atoms with Gasteiger partial charge in [-0.15, -0.1) is 10.2 Å². The SMILES string of the molecule is COc1ccccc1N1CCN(C(=O)C2CCCN(c3ccc(-n4ccnc4C)nn3)C2)CC1. The van der Waals surface area contributed by atoms with E-state index >= 15 is 0 Å². The second kappa shape index (κ2) is 9.70. The maximum absolute atomic E-state index is 13.4. The highest BCUT2D eigenvalue weighted by atomic mass is 16.5. The van der Waals surface area contributed by atoms with Gasteiger partial charge in [0.05, 0.1) is 18.7 Å². The third-order valence-corrected chi connectivity index (χ3v) is 6.82. The number of aryl methyl sites for hydroxylation is 1. The van der Waals surface area contributed by atoms with E-state index in [1.807, 2.05) is 52.9 Å². The van der Waals surface area contributed by atoms with Crippen molar-refractivity contribution in [1.29, 1.82) is 0 Å². The van der Waals surface area contributed by atoms with E-state index in [4.69, 9.17) is 4.74 Å². The van der Waals surface area contributed by atoms with Gasteiger partial charge in [0.2, 0.25) is 5.91 Å². The van der Waals surface area contributed by atoms with Gasteiger partial charge in [-0.05, 0) is 44.0 Å². The molecule has 2 aliphatic heterocycles. The molecule has 0 aliphatic carbocycles. The van der Waals surface area contributed by atoms with Gasteiger partial charge in [0, 0.05) is 51.7 Å². The van der Waals surface area contributed by atoms with Crippen LogP contribution in [0.4, 0.5) is 11.5 Å². The lowest BCUT2D eigenvalue weighted by Gasteiger charge is -2.40. The van der Waals surface area contributed by atoms with Gasteiger partial charge in [-0.3, -0.25) is 9.36 Å². The number of carbonyl (C=O) groups excluding carboxylic acids is 1. The number of para-hydroxylation sites is 2. The van der Waals surface area contributed by atoms with Crippen LogP contribution in [0.3, 0.4) is 0 Å². The van der Waals surface area contributed by atoms with E-state index in [-0.39, 0.29) is 11.8 Å². The molecule has 4 heterocycles. The summed E-state index contributed by atoms with van der Waals surface area (Å²) < 4.78 is 7.42. The number of aromatic nitrogens is 4. The molecule has 2 aliphatic rings. The highest BCUT2D eigenvalue weighted by Crippen LogP contribution is 2.29. The van der Waals surface area contributed by atoms with Crippen molar-refractivity contribution in [3.63, 3.8) is 0 Å². The summed E-state index contributed by atoms with van der Waals surface area (Å²) in [6.45, 7) is 6.59. The molecule has 1 atom stereocenters. The number of imidazole rings is 1. The summed E-state index contributed by atoms with van der Waals surface area (Å²) in [6, 6.07) is 12.0. The van der Waals surface area contributed by atoms with E-state index in [1.54, 1.807) is 13.3 Å². The van der Waals surface area contributed by atoms with Crippen LogP contribution in [-0.4, -0.2) is 76.9 Å². The first-order valence-electron chi connectivity index (χ1n) is 11.9. The van der Waals surface area contributed by atoms with E-state index in [1.165, 1.54) is 0 Å². The number of nitrogens with zero attached hydrogens (tertiary/aromatic N) is 7. The Kier molecular flexibility index (Phi) is 6.33. The molecule has 9 heteroatoms. The van der Waals surface area contributed by atoms with Crippen LogP contribution in [0, 0.1) is 12.8 Å². The Labute approximate surface area is 200 Å². The summed E-state index contributed by atoms with van der Waals surface area (Å²) >= 11 is 0. The minimum absolute atomic E-state index is 0.0102. The van der Waals surface area contributed by atoms with E-state index in [0.29, 0.717) is 6.54 Å². The van der Waals surface area contributed by atoms with E-state index in [2.05, 4.69) is 31.0 Å². The Morgan fingerprint density at radius 2 is 1.74 bits per heavy atom. The zero-order chi connectivity index (χ0) is 23.5. The quantitative estimate of drug-likeness (QED) is 0.578. The third kappa shape index (κ3) is 4.42. The van der Waals surface area contributed by atoms with Crippen LogP contribution in [0.1, 0.15) is 18.7 Å². The summed E-state index contributed by atoms with van der Waals surface area (Å²) in [5, 5.41) is 8.84. The molecule has 2 fully saturated rings. The average molecular weight is 462 g/mol. The summed E-state index contributed by atoms with van der Waals surface area (Å²) in [4.78, 5) is 24.1. The van der Waals surface area contributed by atoms with Gasteiger partial charge >= 0.3 is 0 Å². The fourth-order valence-electron chi connectivity index (χ4n) is 4.94. The molecule has 0 spiro atoms. The predicted molar refractivity (Wildman–Crippen MR) is 131 cm³/mol. The molecule has 178 valence electrons. The van der Waals surface area contributed by atoms with Gasteiger partial charge in [-0.25, -0.2) is 4.98 Å². The van der Waals surface area contributed by atoms with E-state index in [9.17, 15) is 4.79 Å². The van der Waals surface area contributed by atoms with Crippen LogP contribution in [0.15, 0.2) is 48.8 Å². The number of piperidine rings is 1. The van der Waals surface area contributed by atoms with Crippen LogP contribution in [-0.2, 0) is 4.79 Å². The summed E-state index contributed by atoms with van der Waals surface area (Å²) in [6.07, 6.45) is 5.52. The lowest BCUT2D eigenvalue weighted by atomic mass is 9.96. The van der Waals surface area contributed by atoms with Crippen molar-refractivity contribution in [2.45, 2.75) is 19.8 Å². The van der Waals surface area contributed by atoms with Crippen LogP contribution in [0.25, 0.3) is 5.82 Å². The molecule has 1 aromatic carbocycles. The lowest BCUT2D eigenvalue weighted by Crippen LogP contribution is -2.52. The molecule has 0 N–H and O–H groups in total. The van der Waals surface area contributed by atoms with Gasteiger partial charge in [-0.2, -0.15) is 0 Å². The Morgan fingerprint density at radius 3 is 2.44 bits per heavy atom. The number of methoxy groups -OCH3 is 1. The molecule has 0 radical (unpaired) electrons. The number of ether oxygens (including phenoxy) is 1. The highest BCUT2D eigenvalue weighted by molar-refractivity contribution is 5.80. The van der Waals surface area contributed by atoms with Crippen molar-refractivity contribution in [3.05, 3.63) is 54.6 Å². The number of benzene rings is 1. The molecule has 0 saturated carbocycles. The third-order valence-electron chi connectivity index (χ3n) is 6.82. The first-order chi connectivity index (χ1) is 16.6. The molecule has 3 aromatic rings. The van der Waals surface area contributed by atoms with Crippen LogP contribution in [0.5, 0.6) is 5.75 Å². The second-order valence-corrected chi connectivity index (χ2v) is 8.86.